The summed E-state index contributed by atoms with van der Waals surface area (Å²) in [6, 6.07) is 11.9. The average molecular weight is 340 g/mol. The molecule has 6 heteroatoms. The number of carbonyl (C=O) groups excluding carboxylic acids is 2. The van der Waals surface area contributed by atoms with Crippen molar-refractivity contribution in [3.8, 4) is 17.2 Å². The van der Waals surface area contributed by atoms with E-state index in [0.29, 0.717) is 17.1 Å². The Morgan fingerprint density at radius 2 is 1.96 bits per heavy atom. The Labute approximate surface area is 144 Å². The Balaban J connectivity index is 1.82. The van der Waals surface area contributed by atoms with Crippen LogP contribution in [-0.4, -0.2) is 32.6 Å². The van der Waals surface area contributed by atoms with Gasteiger partial charge in [-0.3, -0.25) is 4.79 Å². The number of ketones is 1. The van der Waals surface area contributed by atoms with E-state index in [0.717, 1.165) is 5.56 Å². The summed E-state index contributed by atoms with van der Waals surface area (Å²) >= 11 is 0. The highest BCUT2D eigenvalue weighted by atomic mass is 16.6. The Morgan fingerprint density at radius 1 is 1.12 bits per heavy atom. The smallest absolute Gasteiger partial charge is 0.337 e. The monoisotopic (exact) mass is 340 g/mol. The molecule has 0 bridgehead atoms. The number of benzene rings is 2. The van der Waals surface area contributed by atoms with E-state index in [1.54, 1.807) is 31.4 Å². The lowest BCUT2D eigenvalue weighted by molar-refractivity contribution is -0.138. The molecule has 1 aliphatic heterocycles. The zero-order valence-corrected chi connectivity index (χ0v) is 13.8. The van der Waals surface area contributed by atoms with Gasteiger partial charge in [-0.1, -0.05) is 12.1 Å². The van der Waals surface area contributed by atoms with Crippen molar-refractivity contribution < 1.29 is 28.5 Å². The van der Waals surface area contributed by atoms with Gasteiger partial charge in [-0.15, -0.1) is 0 Å². The maximum atomic E-state index is 12.4. The minimum atomic E-state index is -0.529. The van der Waals surface area contributed by atoms with Crippen molar-refractivity contribution in [2.24, 2.45) is 0 Å². The summed E-state index contributed by atoms with van der Waals surface area (Å²) in [5.41, 5.74) is 1.20. The van der Waals surface area contributed by atoms with Crippen molar-refractivity contribution in [1.29, 1.82) is 0 Å². The van der Waals surface area contributed by atoms with Crippen molar-refractivity contribution in [3.63, 3.8) is 0 Å². The summed E-state index contributed by atoms with van der Waals surface area (Å²) in [7, 11) is 2.98. The summed E-state index contributed by atoms with van der Waals surface area (Å²) in [6.07, 6.45) is 1.64. The maximum Gasteiger partial charge on any atom is 0.337 e. The number of allylic oxidation sites excluding steroid dienone is 1. The van der Waals surface area contributed by atoms with Crippen LogP contribution in [0.2, 0.25) is 0 Å². The molecule has 128 valence electrons. The Kier molecular flexibility index (Phi) is 4.81. The molecule has 0 spiro atoms. The van der Waals surface area contributed by atoms with Crippen molar-refractivity contribution in [2.75, 3.05) is 20.8 Å². The molecule has 0 aromatic heterocycles. The Hall–Kier alpha value is -3.12. The highest BCUT2D eigenvalue weighted by Gasteiger charge is 2.28. The molecule has 0 atom stereocenters. The molecule has 0 radical (unpaired) electrons. The van der Waals surface area contributed by atoms with E-state index in [4.69, 9.17) is 18.9 Å². The van der Waals surface area contributed by atoms with Crippen molar-refractivity contribution in [1.82, 2.24) is 0 Å². The molecule has 1 aliphatic rings. The van der Waals surface area contributed by atoms with Crippen LogP contribution in [0.25, 0.3) is 6.08 Å². The van der Waals surface area contributed by atoms with E-state index in [-0.39, 0.29) is 23.9 Å². The van der Waals surface area contributed by atoms with Gasteiger partial charge in [-0.2, -0.15) is 0 Å². The zero-order valence-electron chi connectivity index (χ0n) is 13.8. The normalized spacial score (nSPS) is 14.2. The maximum absolute atomic E-state index is 12.4. The zero-order chi connectivity index (χ0) is 17.8. The van der Waals surface area contributed by atoms with Crippen molar-refractivity contribution in [3.05, 3.63) is 59.4 Å². The third-order valence-electron chi connectivity index (χ3n) is 3.53. The minimum absolute atomic E-state index is 0.155. The molecule has 0 saturated carbocycles. The SMILES string of the molecule is COCC(=O)Oc1ccc2c(c1)O/C(=C\c1cccc(OC)c1)C2=O. The van der Waals surface area contributed by atoms with Gasteiger partial charge in [-0.05, 0) is 35.9 Å². The van der Waals surface area contributed by atoms with E-state index >= 15 is 0 Å². The first-order valence-corrected chi connectivity index (χ1v) is 7.52. The number of fused-ring (bicyclic) bond motifs is 1. The summed E-state index contributed by atoms with van der Waals surface area (Å²) in [6.45, 7) is -0.155. The molecular formula is C19H16O6. The minimum Gasteiger partial charge on any atom is -0.497 e. The third kappa shape index (κ3) is 3.70. The second kappa shape index (κ2) is 7.19. The van der Waals surface area contributed by atoms with Crippen LogP contribution in [0, 0.1) is 0 Å². The molecule has 2 aromatic carbocycles. The fraction of sp³-hybridized carbons (Fsp3) is 0.158. The second-order valence-electron chi connectivity index (χ2n) is 5.28. The molecule has 0 N–H and O–H groups in total. The fourth-order valence-electron chi connectivity index (χ4n) is 2.39. The van der Waals surface area contributed by atoms with Gasteiger partial charge >= 0.3 is 5.97 Å². The number of hydrogen-bond donors (Lipinski definition) is 0. The standard InChI is InChI=1S/C19H16O6/c1-22-11-18(20)24-14-6-7-15-16(10-14)25-17(19(15)21)9-12-4-3-5-13(8-12)23-2/h3-10H,11H2,1-2H3/b17-9-. The van der Waals surface area contributed by atoms with Crippen LogP contribution in [0.5, 0.6) is 17.2 Å². The summed E-state index contributed by atoms with van der Waals surface area (Å²) < 4.78 is 20.6. The van der Waals surface area contributed by atoms with Crippen LogP contribution in [0.1, 0.15) is 15.9 Å². The van der Waals surface area contributed by atoms with Crippen molar-refractivity contribution >= 4 is 17.8 Å². The molecule has 3 rings (SSSR count). The number of hydrogen-bond acceptors (Lipinski definition) is 6. The van der Waals surface area contributed by atoms with E-state index in [1.807, 2.05) is 18.2 Å². The highest BCUT2D eigenvalue weighted by Crippen LogP contribution is 2.35. The number of methoxy groups -OCH3 is 2. The van der Waals surface area contributed by atoms with E-state index in [1.165, 1.54) is 13.2 Å². The number of Topliss-reactive ketones (excluding diaryl/α,β-unsaturated/α-hetero) is 1. The molecule has 0 saturated heterocycles. The summed E-state index contributed by atoms with van der Waals surface area (Å²) in [5, 5.41) is 0. The predicted octanol–water partition coefficient (Wildman–Crippen LogP) is 2.86. The number of ether oxygens (including phenoxy) is 4. The Bertz CT molecular complexity index is 853. The van der Waals surface area contributed by atoms with Crippen LogP contribution in [0.15, 0.2) is 48.2 Å². The van der Waals surface area contributed by atoms with Crippen LogP contribution >= 0.6 is 0 Å². The molecular weight excluding hydrogens is 324 g/mol. The van der Waals surface area contributed by atoms with E-state index in [9.17, 15) is 9.59 Å². The van der Waals surface area contributed by atoms with Crippen LogP contribution in [0.4, 0.5) is 0 Å². The first-order valence-electron chi connectivity index (χ1n) is 7.52. The van der Waals surface area contributed by atoms with Gasteiger partial charge in [-0.25, -0.2) is 4.79 Å². The fourth-order valence-corrected chi connectivity index (χ4v) is 2.39. The molecule has 0 unspecified atom stereocenters. The summed E-state index contributed by atoms with van der Waals surface area (Å²) in [4.78, 5) is 23.9. The van der Waals surface area contributed by atoms with Gasteiger partial charge in [0.1, 0.15) is 23.9 Å². The first-order chi connectivity index (χ1) is 12.1. The van der Waals surface area contributed by atoms with Crippen LogP contribution in [-0.2, 0) is 9.53 Å². The second-order valence-corrected chi connectivity index (χ2v) is 5.28. The average Bonchev–Trinajstić information content (AvgIpc) is 2.90. The molecule has 0 aliphatic carbocycles. The van der Waals surface area contributed by atoms with E-state index < -0.39 is 5.97 Å². The summed E-state index contributed by atoms with van der Waals surface area (Å²) in [5.74, 6) is 0.762. The lowest BCUT2D eigenvalue weighted by Crippen LogP contribution is -2.14. The molecule has 2 aromatic rings. The van der Waals surface area contributed by atoms with Crippen molar-refractivity contribution in [2.45, 2.75) is 0 Å². The quantitative estimate of drug-likeness (QED) is 0.473. The van der Waals surface area contributed by atoms with Gasteiger partial charge in [0, 0.05) is 13.2 Å². The Morgan fingerprint density at radius 3 is 2.72 bits per heavy atom. The van der Waals surface area contributed by atoms with Gasteiger partial charge in [0.05, 0.1) is 12.7 Å². The molecule has 6 nitrogen and oxygen atoms in total. The lowest BCUT2D eigenvalue weighted by atomic mass is 10.1. The lowest BCUT2D eigenvalue weighted by Gasteiger charge is -2.04. The third-order valence-corrected chi connectivity index (χ3v) is 3.53. The van der Waals surface area contributed by atoms with Gasteiger partial charge in [0.2, 0.25) is 5.78 Å². The largest absolute Gasteiger partial charge is 0.497 e. The molecule has 0 fully saturated rings. The highest BCUT2D eigenvalue weighted by molar-refractivity contribution is 6.14. The molecule has 0 amide bonds. The van der Waals surface area contributed by atoms with Gasteiger partial charge in [0.25, 0.3) is 0 Å². The van der Waals surface area contributed by atoms with Crippen LogP contribution in [0.3, 0.4) is 0 Å². The predicted molar refractivity (Wildman–Crippen MR) is 89.9 cm³/mol. The molecule has 1 heterocycles. The number of carbonyl (C=O) groups is 2. The first kappa shape index (κ1) is 16.7. The van der Waals surface area contributed by atoms with E-state index in [2.05, 4.69) is 0 Å². The topological polar surface area (TPSA) is 71.1 Å². The van der Waals surface area contributed by atoms with Gasteiger partial charge < -0.3 is 18.9 Å². The molecule has 25 heavy (non-hydrogen) atoms. The van der Waals surface area contributed by atoms with Gasteiger partial charge in [0.15, 0.2) is 5.76 Å². The number of rotatable bonds is 5. The number of esters is 1. The van der Waals surface area contributed by atoms with Crippen LogP contribution < -0.4 is 14.2 Å².